The standard InChI is InChI=1S/C19H23BrClN3O3/c1-19(2,3)27-18(25)22-14-10-24(6-7-26-11-14)17-15-5-4-13(20)8-12(15)9-16(21)23-17/h4-5,8-9,14H,6-7,10-11H2,1-3H3,(H,22,25)/t14-/m1/s1. The van der Waals surface area contributed by atoms with Crippen LogP contribution in [0.2, 0.25) is 5.15 Å². The Morgan fingerprint density at radius 2 is 2.19 bits per heavy atom. The van der Waals surface area contributed by atoms with Gasteiger partial charge in [0.2, 0.25) is 0 Å². The smallest absolute Gasteiger partial charge is 0.408 e. The molecule has 2 heterocycles. The third kappa shape index (κ3) is 5.46. The average molecular weight is 457 g/mol. The van der Waals surface area contributed by atoms with Crippen LogP contribution in [0.15, 0.2) is 28.7 Å². The van der Waals surface area contributed by atoms with E-state index in [0.717, 1.165) is 21.1 Å². The minimum absolute atomic E-state index is 0.214. The predicted molar refractivity (Wildman–Crippen MR) is 111 cm³/mol. The molecule has 0 spiro atoms. The summed E-state index contributed by atoms with van der Waals surface area (Å²) in [6.07, 6.45) is -0.453. The highest BCUT2D eigenvalue weighted by Gasteiger charge is 2.25. The number of carbonyl (C=O) groups is 1. The number of nitrogens with zero attached hydrogens (tertiary/aromatic N) is 2. The normalized spacial score (nSPS) is 18.3. The van der Waals surface area contributed by atoms with Gasteiger partial charge in [-0.15, -0.1) is 0 Å². The summed E-state index contributed by atoms with van der Waals surface area (Å²) in [5, 5.41) is 5.32. The van der Waals surface area contributed by atoms with Crippen molar-refractivity contribution in [3.63, 3.8) is 0 Å². The first kappa shape index (κ1) is 20.2. The summed E-state index contributed by atoms with van der Waals surface area (Å²) in [6, 6.07) is 7.63. The number of carbonyl (C=O) groups excluding carboxylic acids is 1. The van der Waals surface area contributed by atoms with Crippen LogP contribution < -0.4 is 10.2 Å². The summed E-state index contributed by atoms with van der Waals surface area (Å²) in [6.45, 7) is 7.68. The van der Waals surface area contributed by atoms with Crippen LogP contribution in [0, 0.1) is 0 Å². The molecule has 2 aromatic rings. The molecule has 1 aromatic heterocycles. The topological polar surface area (TPSA) is 63.7 Å². The SMILES string of the molecule is CC(C)(C)OC(=O)N[C@H]1COCCN(c2nc(Cl)cc3cc(Br)ccc23)C1. The minimum atomic E-state index is -0.548. The highest BCUT2D eigenvalue weighted by Crippen LogP contribution is 2.30. The van der Waals surface area contributed by atoms with Crippen LogP contribution >= 0.6 is 27.5 Å². The van der Waals surface area contributed by atoms with Gasteiger partial charge >= 0.3 is 6.09 Å². The molecule has 1 aromatic carbocycles. The van der Waals surface area contributed by atoms with Crippen molar-refractivity contribution in [2.75, 3.05) is 31.2 Å². The Morgan fingerprint density at radius 3 is 2.93 bits per heavy atom. The van der Waals surface area contributed by atoms with Crippen LogP contribution in [-0.2, 0) is 9.47 Å². The zero-order chi connectivity index (χ0) is 19.6. The van der Waals surface area contributed by atoms with E-state index in [2.05, 4.69) is 31.1 Å². The van der Waals surface area contributed by atoms with E-state index in [4.69, 9.17) is 21.1 Å². The molecule has 8 heteroatoms. The summed E-state index contributed by atoms with van der Waals surface area (Å²) in [5.41, 5.74) is -0.548. The van der Waals surface area contributed by atoms with E-state index in [9.17, 15) is 4.79 Å². The van der Waals surface area contributed by atoms with Crippen molar-refractivity contribution >= 4 is 50.2 Å². The lowest BCUT2D eigenvalue weighted by Crippen LogP contribution is -2.46. The van der Waals surface area contributed by atoms with E-state index in [1.54, 1.807) is 0 Å². The molecule has 1 atom stereocenters. The highest BCUT2D eigenvalue weighted by molar-refractivity contribution is 9.10. The van der Waals surface area contributed by atoms with Crippen LogP contribution in [0.3, 0.4) is 0 Å². The van der Waals surface area contributed by atoms with Crippen LogP contribution in [0.1, 0.15) is 20.8 Å². The molecule has 1 saturated heterocycles. The maximum Gasteiger partial charge on any atom is 0.408 e. The molecule has 0 saturated carbocycles. The molecule has 1 aliphatic heterocycles. The maximum absolute atomic E-state index is 12.1. The fourth-order valence-electron chi connectivity index (χ4n) is 2.98. The number of halogens is 2. The molecule has 6 nitrogen and oxygen atoms in total. The first-order chi connectivity index (χ1) is 12.7. The number of nitrogens with one attached hydrogen (secondary N) is 1. The lowest BCUT2D eigenvalue weighted by atomic mass is 10.1. The van der Waals surface area contributed by atoms with Crippen molar-refractivity contribution in [1.82, 2.24) is 10.3 Å². The zero-order valence-electron chi connectivity index (χ0n) is 15.6. The van der Waals surface area contributed by atoms with Crippen molar-refractivity contribution in [3.8, 4) is 0 Å². The molecule has 0 aliphatic carbocycles. The molecule has 1 N–H and O–H groups in total. The minimum Gasteiger partial charge on any atom is -0.444 e. The molecule has 1 amide bonds. The number of fused-ring (bicyclic) bond motifs is 1. The summed E-state index contributed by atoms with van der Waals surface area (Å²) in [7, 11) is 0. The molecule has 27 heavy (non-hydrogen) atoms. The van der Waals surface area contributed by atoms with E-state index < -0.39 is 11.7 Å². The number of ether oxygens (including phenoxy) is 2. The van der Waals surface area contributed by atoms with Crippen molar-refractivity contribution in [1.29, 1.82) is 0 Å². The lowest BCUT2D eigenvalue weighted by Gasteiger charge is -2.27. The van der Waals surface area contributed by atoms with Crippen molar-refractivity contribution in [2.24, 2.45) is 0 Å². The van der Waals surface area contributed by atoms with E-state index >= 15 is 0 Å². The Hall–Kier alpha value is -1.57. The van der Waals surface area contributed by atoms with Crippen LogP contribution in [0.5, 0.6) is 0 Å². The van der Waals surface area contributed by atoms with Crippen LogP contribution in [0.4, 0.5) is 10.6 Å². The molecule has 0 radical (unpaired) electrons. The number of pyridine rings is 1. The second-order valence-corrected chi connectivity index (χ2v) is 8.80. The van der Waals surface area contributed by atoms with Gasteiger partial charge in [0, 0.05) is 22.9 Å². The number of anilines is 1. The summed E-state index contributed by atoms with van der Waals surface area (Å²) < 4.78 is 12.0. The highest BCUT2D eigenvalue weighted by atomic mass is 79.9. The second-order valence-electron chi connectivity index (χ2n) is 7.50. The van der Waals surface area contributed by atoms with Gasteiger partial charge in [0.1, 0.15) is 16.6 Å². The number of hydrogen-bond donors (Lipinski definition) is 1. The lowest BCUT2D eigenvalue weighted by molar-refractivity contribution is 0.0466. The molecule has 1 fully saturated rings. The summed E-state index contributed by atoms with van der Waals surface area (Å²) in [5.74, 6) is 0.784. The zero-order valence-corrected chi connectivity index (χ0v) is 17.9. The van der Waals surface area contributed by atoms with E-state index in [1.165, 1.54) is 0 Å². The van der Waals surface area contributed by atoms with Gasteiger partial charge in [0.25, 0.3) is 0 Å². The van der Waals surface area contributed by atoms with Gasteiger partial charge in [-0.3, -0.25) is 0 Å². The summed E-state index contributed by atoms with van der Waals surface area (Å²) in [4.78, 5) is 18.8. The quantitative estimate of drug-likeness (QED) is 0.680. The number of rotatable bonds is 2. The van der Waals surface area contributed by atoms with Gasteiger partial charge in [0.05, 0.1) is 19.3 Å². The van der Waals surface area contributed by atoms with Crippen molar-refractivity contribution in [2.45, 2.75) is 32.4 Å². The Labute approximate surface area is 172 Å². The second kappa shape index (κ2) is 8.20. The largest absolute Gasteiger partial charge is 0.444 e. The van der Waals surface area contributed by atoms with Gasteiger partial charge in [0.15, 0.2) is 0 Å². The maximum atomic E-state index is 12.1. The van der Waals surface area contributed by atoms with Gasteiger partial charge in [-0.05, 0) is 50.4 Å². The number of amides is 1. The molecular formula is C19H23BrClN3O3. The fraction of sp³-hybridized carbons (Fsp3) is 0.474. The predicted octanol–water partition coefficient (Wildman–Crippen LogP) is 4.38. The Morgan fingerprint density at radius 1 is 1.41 bits per heavy atom. The van der Waals surface area contributed by atoms with Crippen molar-refractivity contribution < 1.29 is 14.3 Å². The van der Waals surface area contributed by atoms with E-state index in [1.807, 2.05) is 45.0 Å². The van der Waals surface area contributed by atoms with Gasteiger partial charge in [-0.1, -0.05) is 27.5 Å². The Bertz CT molecular complexity index is 836. The number of hydrogen-bond acceptors (Lipinski definition) is 5. The summed E-state index contributed by atoms with van der Waals surface area (Å²) >= 11 is 9.75. The molecule has 146 valence electrons. The van der Waals surface area contributed by atoms with Gasteiger partial charge < -0.3 is 19.7 Å². The molecule has 0 bridgehead atoms. The first-order valence-corrected chi connectivity index (χ1v) is 9.96. The number of benzene rings is 1. The van der Waals surface area contributed by atoms with Crippen molar-refractivity contribution in [3.05, 3.63) is 33.9 Å². The van der Waals surface area contributed by atoms with Gasteiger partial charge in [-0.25, -0.2) is 9.78 Å². The first-order valence-electron chi connectivity index (χ1n) is 8.79. The third-order valence-corrected chi connectivity index (χ3v) is 4.71. The van der Waals surface area contributed by atoms with Crippen LogP contribution in [0.25, 0.3) is 10.8 Å². The van der Waals surface area contributed by atoms with Gasteiger partial charge in [-0.2, -0.15) is 0 Å². The number of alkyl carbamates (subject to hydrolysis) is 1. The molecule has 1 aliphatic rings. The monoisotopic (exact) mass is 455 g/mol. The average Bonchev–Trinajstić information content (AvgIpc) is 2.77. The Balaban J connectivity index is 1.84. The fourth-order valence-corrected chi connectivity index (χ4v) is 3.56. The molecule has 3 rings (SSSR count). The molecular weight excluding hydrogens is 434 g/mol. The van der Waals surface area contributed by atoms with Crippen LogP contribution in [-0.4, -0.2) is 49.0 Å². The molecule has 0 unspecified atom stereocenters. The Kier molecular flexibility index (Phi) is 6.13. The van der Waals surface area contributed by atoms with E-state index in [-0.39, 0.29) is 6.04 Å². The third-order valence-electron chi connectivity index (χ3n) is 4.03. The number of aromatic nitrogens is 1. The van der Waals surface area contributed by atoms with E-state index in [0.29, 0.717) is 31.5 Å².